The van der Waals surface area contributed by atoms with Gasteiger partial charge in [-0.25, -0.2) is 0 Å². The van der Waals surface area contributed by atoms with Gasteiger partial charge in [0.2, 0.25) is 0 Å². The molecule has 0 spiro atoms. The Kier molecular flexibility index (Phi) is 8.87. The maximum atomic E-state index is 5.90. The molecule has 0 saturated carbocycles. The lowest BCUT2D eigenvalue weighted by molar-refractivity contribution is 0.415. The van der Waals surface area contributed by atoms with Crippen molar-refractivity contribution in [2.75, 3.05) is 0 Å². The van der Waals surface area contributed by atoms with Gasteiger partial charge in [-0.3, -0.25) is 0 Å². The summed E-state index contributed by atoms with van der Waals surface area (Å²) in [7, 11) is 0. The van der Waals surface area contributed by atoms with Crippen molar-refractivity contribution in [1.82, 2.24) is 0 Å². The Labute approximate surface area is 118 Å². The molecule has 0 aromatic carbocycles. The van der Waals surface area contributed by atoms with E-state index in [9.17, 15) is 0 Å². The number of allylic oxidation sites excluding steroid dienone is 1. The van der Waals surface area contributed by atoms with Crippen LogP contribution in [0.15, 0.2) is 11.0 Å². The molecule has 0 aliphatic carbocycles. The average molecular weight is 269 g/mol. The Balaban J connectivity index is 2.06. The van der Waals surface area contributed by atoms with E-state index < -0.39 is 0 Å². The van der Waals surface area contributed by atoms with Gasteiger partial charge in [-0.05, 0) is 30.1 Å². The van der Waals surface area contributed by atoms with Gasteiger partial charge in [0.15, 0.2) is 0 Å². The molecule has 0 fully saturated rings. The van der Waals surface area contributed by atoms with E-state index in [0.29, 0.717) is 5.37 Å². The third kappa shape index (κ3) is 6.84. The maximum absolute atomic E-state index is 5.90. The fourth-order valence-corrected chi connectivity index (χ4v) is 3.64. The first-order valence-electron chi connectivity index (χ1n) is 7.87. The monoisotopic (exact) mass is 269 g/mol. The Morgan fingerprint density at radius 1 is 1.22 bits per heavy atom. The summed E-state index contributed by atoms with van der Waals surface area (Å²) in [6, 6.07) is 0. The first-order chi connectivity index (χ1) is 8.76. The average Bonchev–Trinajstić information content (AvgIpc) is 2.78. The summed E-state index contributed by atoms with van der Waals surface area (Å²) < 4.78 is 0. The molecule has 2 atom stereocenters. The molecule has 0 radical (unpaired) electrons. The molecule has 18 heavy (non-hydrogen) atoms. The van der Waals surface area contributed by atoms with E-state index in [1.165, 1.54) is 57.8 Å². The van der Waals surface area contributed by atoms with Crippen molar-refractivity contribution in [3.05, 3.63) is 11.0 Å². The van der Waals surface area contributed by atoms with Crippen LogP contribution >= 0.6 is 11.8 Å². The largest absolute Gasteiger partial charge is 0.319 e. The number of thioether (sulfide) groups is 1. The fraction of sp³-hybridized carbons (Fsp3) is 0.875. The van der Waals surface area contributed by atoms with Crippen LogP contribution in [-0.2, 0) is 0 Å². The Hall–Kier alpha value is 0.0500. The van der Waals surface area contributed by atoms with E-state index in [1.807, 2.05) is 11.8 Å². The normalized spacial score (nSPS) is 21.1. The summed E-state index contributed by atoms with van der Waals surface area (Å²) >= 11 is 1.89. The Morgan fingerprint density at radius 2 is 2.00 bits per heavy atom. The molecule has 0 aromatic rings. The molecule has 2 unspecified atom stereocenters. The van der Waals surface area contributed by atoms with Crippen LogP contribution in [0.5, 0.6) is 0 Å². The van der Waals surface area contributed by atoms with Crippen LogP contribution in [-0.4, -0.2) is 5.37 Å². The van der Waals surface area contributed by atoms with Crippen molar-refractivity contribution in [1.29, 1.82) is 0 Å². The summed E-state index contributed by atoms with van der Waals surface area (Å²) in [6.07, 6.45) is 15.9. The van der Waals surface area contributed by atoms with Gasteiger partial charge in [-0.1, -0.05) is 64.9 Å². The highest BCUT2D eigenvalue weighted by atomic mass is 32.2. The molecule has 2 N–H and O–H groups in total. The molecule has 0 bridgehead atoms. The Morgan fingerprint density at radius 3 is 2.61 bits per heavy atom. The van der Waals surface area contributed by atoms with Crippen molar-refractivity contribution in [2.45, 2.75) is 83.4 Å². The summed E-state index contributed by atoms with van der Waals surface area (Å²) in [6.45, 7) is 4.63. The molecular weight excluding hydrogens is 238 g/mol. The van der Waals surface area contributed by atoms with Crippen LogP contribution in [0.25, 0.3) is 0 Å². The van der Waals surface area contributed by atoms with E-state index in [2.05, 4.69) is 19.9 Å². The molecule has 2 heteroatoms. The van der Waals surface area contributed by atoms with Gasteiger partial charge >= 0.3 is 0 Å². The molecule has 0 aromatic heterocycles. The lowest BCUT2D eigenvalue weighted by Crippen LogP contribution is -2.09. The van der Waals surface area contributed by atoms with Crippen molar-refractivity contribution in [3.8, 4) is 0 Å². The van der Waals surface area contributed by atoms with E-state index in [0.717, 1.165) is 12.3 Å². The lowest BCUT2D eigenvalue weighted by atomic mass is 9.93. The second kappa shape index (κ2) is 9.91. The zero-order valence-corrected chi connectivity index (χ0v) is 13.1. The zero-order valence-electron chi connectivity index (χ0n) is 12.3. The second-order valence-electron chi connectivity index (χ2n) is 5.58. The first-order valence-corrected chi connectivity index (χ1v) is 8.75. The maximum Gasteiger partial charge on any atom is 0.0586 e. The van der Waals surface area contributed by atoms with Crippen LogP contribution in [0, 0.1) is 5.92 Å². The highest BCUT2D eigenvalue weighted by Crippen LogP contribution is 2.34. The van der Waals surface area contributed by atoms with Gasteiger partial charge in [-0.2, -0.15) is 0 Å². The van der Waals surface area contributed by atoms with Gasteiger partial charge in [0.25, 0.3) is 0 Å². The SMILES string of the molecule is CCCCCCCC(CC)CCC1=CCC(N)S1. The molecule has 1 rings (SSSR count). The molecule has 1 nitrogen and oxygen atoms in total. The number of hydrogen-bond donors (Lipinski definition) is 1. The summed E-state index contributed by atoms with van der Waals surface area (Å²) in [5.41, 5.74) is 5.90. The van der Waals surface area contributed by atoms with Gasteiger partial charge in [0.05, 0.1) is 5.37 Å². The van der Waals surface area contributed by atoms with E-state index in [4.69, 9.17) is 5.73 Å². The second-order valence-corrected chi connectivity index (χ2v) is 6.94. The molecule has 0 saturated heterocycles. The predicted octanol–water partition coefficient (Wildman–Crippen LogP) is 5.46. The van der Waals surface area contributed by atoms with Gasteiger partial charge in [-0.15, -0.1) is 11.8 Å². The third-order valence-corrected chi connectivity index (χ3v) is 5.14. The number of rotatable bonds is 10. The topological polar surface area (TPSA) is 26.0 Å². The summed E-state index contributed by atoms with van der Waals surface area (Å²) in [5, 5.41) is 0.342. The minimum absolute atomic E-state index is 0.342. The zero-order chi connectivity index (χ0) is 13.2. The highest BCUT2D eigenvalue weighted by molar-refractivity contribution is 8.03. The highest BCUT2D eigenvalue weighted by Gasteiger charge is 2.15. The number of nitrogens with two attached hydrogens (primary N) is 1. The number of unbranched alkanes of at least 4 members (excludes halogenated alkanes) is 4. The molecule has 1 aliphatic heterocycles. The Bertz CT molecular complexity index is 237. The molecular formula is C16H31NS. The van der Waals surface area contributed by atoms with E-state index >= 15 is 0 Å². The van der Waals surface area contributed by atoms with Crippen molar-refractivity contribution in [2.24, 2.45) is 11.7 Å². The van der Waals surface area contributed by atoms with Crippen molar-refractivity contribution in [3.63, 3.8) is 0 Å². The summed E-state index contributed by atoms with van der Waals surface area (Å²) in [4.78, 5) is 1.55. The number of hydrogen-bond acceptors (Lipinski definition) is 2. The van der Waals surface area contributed by atoms with Crippen LogP contribution in [0.1, 0.15) is 78.1 Å². The van der Waals surface area contributed by atoms with E-state index in [-0.39, 0.29) is 0 Å². The first kappa shape index (κ1) is 16.1. The predicted molar refractivity (Wildman–Crippen MR) is 84.7 cm³/mol. The van der Waals surface area contributed by atoms with Crippen molar-refractivity contribution < 1.29 is 0 Å². The summed E-state index contributed by atoms with van der Waals surface area (Å²) in [5.74, 6) is 0.935. The minimum atomic E-state index is 0.342. The molecule has 106 valence electrons. The van der Waals surface area contributed by atoms with Crippen LogP contribution in [0.4, 0.5) is 0 Å². The fourth-order valence-electron chi connectivity index (χ4n) is 2.63. The molecule has 1 heterocycles. The third-order valence-electron chi connectivity index (χ3n) is 3.97. The smallest absolute Gasteiger partial charge is 0.0586 e. The van der Waals surface area contributed by atoms with Gasteiger partial charge < -0.3 is 5.73 Å². The van der Waals surface area contributed by atoms with Gasteiger partial charge in [0.1, 0.15) is 0 Å². The van der Waals surface area contributed by atoms with Crippen molar-refractivity contribution >= 4 is 11.8 Å². The molecule has 0 amide bonds. The van der Waals surface area contributed by atoms with Crippen LogP contribution in [0.3, 0.4) is 0 Å². The van der Waals surface area contributed by atoms with Crippen LogP contribution < -0.4 is 5.73 Å². The quantitative estimate of drug-likeness (QED) is 0.533. The van der Waals surface area contributed by atoms with Gasteiger partial charge in [0, 0.05) is 0 Å². The lowest BCUT2D eigenvalue weighted by Gasteiger charge is -2.15. The standard InChI is InChI=1S/C16H31NS/c1-3-5-6-7-8-9-14(4-2)10-11-15-12-13-16(17)18-15/h12,14,16H,3-11,13,17H2,1-2H3. The minimum Gasteiger partial charge on any atom is -0.319 e. The molecule has 1 aliphatic rings. The van der Waals surface area contributed by atoms with E-state index in [1.54, 1.807) is 4.91 Å². The van der Waals surface area contributed by atoms with Crippen LogP contribution in [0.2, 0.25) is 0 Å².